The molecule has 102 valence electrons. The van der Waals surface area contributed by atoms with E-state index in [0.717, 1.165) is 4.47 Å². The molecular formula is C13H20BrClN2O. The summed E-state index contributed by atoms with van der Waals surface area (Å²) in [5.41, 5.74) is 6.00. The minimum Gasteiger partial charge on any atom is -0.345 e. The van der Waals surface area contributed by atoms with Crippen LogP contribution in [0.4, 0.5) is 0 Å². The zero-order chi connectivity index (χ0) is 13.1. The van der Waals surface area contributed by atoms with Crippen LogP contribution in [0.2, 0.25) is 0 Å². The van der Waals surface area contributed by atoms with Crippen LogP contribution >= 0.6 is 28.3 Å². The van der Waals surface area contributed by atoms with Crippen molar-refractivity contribution in [3.8, 4) is 0 Å². The summed E-state index contributed by atoms with van der Waals surface area (Å²) in [5, 5.41) is 3.01. The smallest absolute Gasteiger partial charge is 0.252 e. The summed E-state index contributed by atoms with van der Waals surface area (Å²) in [6.07, 6.45) is 0. The van der Waals surface area contributed by atoms with Crippen LogP contribution in [0.1, 0.15) is 31.1 Å². The number of benzene rings is 1. The van der Waals surface area contributed by atoms with Gasteiger partial charge >= 0.3 is 0 Å². The topological polar surface area (TPSA) is 55.1 Å². The maximum Gasteiger partial charge on any atom is 0.252 e. The predicted octanol–water partition coefficient (Wildman–Crippen LogP) is 2.97. The third-order valence-electron chi connectivity index (χ3n) is 3.22. The Labute approximate surface area is 123 Å². The molecule has 5 heteroatoms. The Morgan fingerprint density at radius 2 is 2.00 bits per heavy atom. The SMILES string of the molecule is CC(C)C(C)(CN)NC(=O)c1ccccc1Br.Cl. The second kappa shape index (κ2) is 7.12. The number of hydrogen-bond donors (Lipinski definition) is 2. The predicted molar refractivity (Wildman–Crippen MR) is 81.2 cm³/mol. The summed E-state index contributed by atoms with van der Waals surface area (Å²) in [7, 11) is 0. The molecule has 0 aliphatic carbocycles. The van der Waals surface area contributed by atoms with Gasteiger partial charge in [-0.15, -0.1) is 12.4 Å². The van der Waals surface area contributed by atoms with Crippen LogP contribution in [-0.4, -0.2) is 18.0 Å². The summed E-state index contributed by atoms with van der Waals surface area (Å²) in [4.78, 5) is 12.1. The van der Waals surface area contributed by atoms with Crippen molar-refractivity contribution in [3.05, 3.63) is 34.3 Å². The van der Waals surface area contributed by atoms with Crippen molar-refractivity contribution >= 4 is 34.2 Å². The minimum absolute atomic E-state index is 0. The van der Waals surface area contributed by atoms with E-state index >= 15 is 0 Å². The molecule has 3 nitrogen and oxygen atoms in total. The van der Waals surface area contributed by atoms with E-state index in [1.54, 1.807) is 6.07 Å². The summed E-state index contributed by atoms with van der Waals surface area (Å²) in [6, 6.07) is 7.36. The van der Waals surface area contributed by atoms with Crippen molar-refractivity contribution in [2.75, 3.05) is 6.54 Å². The molecule has 18 heavy (non-hydrogen) atoms. The van der Waals surface area contributed by atoms with Crippen molar-refractivity contribution in [1.29, 1.82) is 0 Å². The van der Waals surface area contributed by atoms with E-state index in [4.69, 9.17) is 5.73 Å². The Balaban J connectivity index is 0.00000289. The van der Waals surface area contributed by atoms with E-state index in [1.807, 2.05) is 39.0 Å². The van der Waals surface area contributed by atoms with Gasteiger partial charge in [-0.1, -0.05) is 26.0 Å². The van der Waals surface area contributed by atoms with Crippen molar-refractivity contribution < 1.29 is 4.79 Å². The van der Waals surface area contributed by atoms with E-state index in [1.165, 1.54) is 0 Å². The molecule has 0 heterocycles. The lowest BCUT2D eigenvalue weighted by atomic mass is 9.88. The number of carbonyl (C=O) groups is 1. The normalized spacial score (nSPS) is 13.7. The van der Waals surface area contributed by atoms with Crippen molar-refractivity contribution in [2.24, 2.45) is 11.7 Å². The van der Waals surface area contributed by atoms with E-state index < -0.39 is 0 Å². The average molecular weight is 336 g/mol. The number of nitrogens with one attached hydrogen (secondary N) is 1. The molecule has 1 amide bonds. The van der Waals surface area contributed by atoms with E-state index in [2.05, 4.69) is 21.2 Å². The molecule has 0 fully saturated rings. The highest BCUT2D eigenvalue weighted by molar-refractivity contribution is 9.10. The number of carbonyl (C=O) groups excluding carboxylic acids is 1. The summed E-state index contributed by atoms with van der Waals surface area (Å²) in [5.74, 6) is 0.179. The summed E-state index contributed by atoms with van der Waals surface area (Å²) in [6.45, 7) is 6.48. The Morgan fingerprint density at radius 3 is 2.44 bits per heavy atom. The van der Waals surface area contributed by atoms with Gasteiger partial charge < -0.3 is 11.1 Å². The molecule has 0 saturated carbocycles. The molecule has 0 aliphatic heterocycles. The number of halogens is 2. The first-order valence-electron chi connectivity index (χ1n) is 5.68. The molecule has 0 bridgehead atoms. The Bertz CT molecular complexity index is 412. The van der Waals surface area contributed by atoms with Crippen LogP contribution in [0.3, 0.4) is 0 Å². The van der Waals surface area contributed by atoms with Crippen LogP contribution in [0, 0.1) is 5.92 Å². The molecule has 1 unspecified atom stereocenters. The van der Waals surface area contributed by atoms with Gasteiger partial charge in [-0.2, -0.15) is 0 Å². The fraction of sp³-hybridized carbons (Fsp3) is 0.462. The number of hydrogen-bond acceptors (Lipinski definition) is 2. The van der Waals surface area contributed by atoms with E-state index in [9.17, 15) is 4.79 Å². The van der Waals surface area contributed by atoms with Crippen molar-refractivity contribution in [2.45, 2.75) is 26.3 Å². The fourth-order valence-corrected chi connectivity index (χ4v) is 1.87. The van der Waals surface area contributed by atoms with E-state index in [0.29, 0.717) is 12.1 Å². The van der Waals surface area contributed by atoms with Gasteiger partial charge in [-0.25, -0.2) is 0 Å². The standard InChI is InChI=1S/C13H19BrN2O.ClH/c1-9(2)13(3,8-15)16-12(17)10-6-4-5-7-11(10)14;/h4-7,9H,8,15H2,1-3H3,(H,16,17);1H. The molecular weight excluding hydrogens is 316 g/mol. The van der Waals surface area contributed by atoms with Crippen LogP contribution in [0.5, 0.6) is 0 Å². The molecule has 0 aliphatic rings. The first kappa shape index (κ1) is 17.4. The van der Waals surface area contributed by atoms with Gasteiger partial charge in [0, 0.05) is 11.0 Å². The van der Waals surface area contributed by atoms with Gasteiger partial charge in [-0.05, 0) is 40.9 Å². The Hall–Kier alpha value is -0.580. The lowest BCUT2D eigenvalue weighted by molar-refractivity contribution is 0.0882. The van der Waals surface area contributed by atoms with Crippen molar-refractivity contribution in [3.63, 3.8) is 0 Å². The zero-order valence-corrected chi connectivity index (χ0v) is 13.3. The highest BCUT2D eigenvalue weighted by Crippen LogP contribution is 2.19. The van der Waals surface area contributed by atoms with Gasteiger partial charge in [0.25, 0.3) is 5.91 Å². The first-order valence-corrected chi connectivity index (χ1v) is 6.47. The van der Waals surface area contributed by atoms with Crippen LogP contribution in [0.15, 0.2) is 28.7 Å². The highest BCUT2D eigenvalue weighted by atomic mass is 79.9. The summed E-state index contributed by atoms with van der Waals surface area (Å²) >= 11 is 3.37. The van der Waals surface area contributed by atoms with E-state index in [-0.39, 0.29) is 29.8 Å². The number of nitrogens with two attached hydrogens (primary N) is 1. The molecule has 0 aromatic heterocycles. The summed E-state index contributed by atoms with van der Waals surface area (Å²) < 4.78 is 0.792. The number of amides is 1. The molecule has 1 aromatic rings. The molecule has 0 radical (unpaired) electrons. The van der Waals surface area contributed by atoms with Crippen LogP contribution < -0.4 is 11.1 Å². The van der Waals surface area contributed by atoms with Gasteiger partial charge in [0.15, 0.2) is 0 Å². The second-order valence-electron chi connectivity index (χ2n) is 4.71. The Morgan fingerprint density at radius 1 is 1.44 bits per heavy atom. The van der Waals surface area contributed by atoms with Crippen LogP contribution in [0.25, 0.3) is 0 Å². The number of rotatable bonds is 4. The zero-order valence-electron chi connectivity index (χ0n) is 10.9. The molecule has 0 spiro atoms. The molecule has 1 aromatic carbocycles. The van der Waals surface area contributed by atoms with Gasteiger partial charge in [0.05, 0.1) is 11.1 Å². The van der Waals surface area contributed by atoms with Crippen LogP contribution in [-0.2, 0) is 0 Å². The lowest BCUT2D eigenvalue weighted by Crippen LogP contribution is -2.55. The third kappa shape index (κ3) is 3.97. The quantitative estimate of drug-likeness (QED) is 0.889. The molecule has 1 atom stereocenters. The first-order chi connectivity index (χ1) is 7.90. The fourth-order valence-electron chi connectivity index (χ4n) is 1.40. The van der Waals surface area contributed by atoms with Gasteiger partial charge in [-0.3, -0.25) is 4.79 Å². The molecule has 1 rings (SSSR count). The monoisotopic (exact) mass is 334 g/mol. The largest absolute Gasteiger partial charge is 0.345 e. The third-order valence-corrected chi connectivity index (χ3v) is 3.91. The highest BCUT2D eigenvalue weighted by Gasteiger charge is 2.29. The maximum absolute atomic E-state index is 12.1. The van der Waals surface area contributed by atoms with Gasteiger partial charge in [0.2, 0.25) is 0 Å². The Kier molecular flexibility index (Phi) is 6.89. The average Bonchev–Trinajstić information content (AvgIpc) is 2.29. The molecule has 3 N–H and O–H groups in total. The van der Waals surface area contributed by atoms with Crippen molar-refractivity contribution in [1.82, 2.24) is 5.32 Å². The maximum atomic E-state index is 12.1. The minimum atomic E-state index is -0.383. The van der Waals surface area contributed by atoms with Gasteiger partial charge in [0.1, 0.15) is 0 Å². The molecule has 0 saturated heterocycles. The second-order valence-corrected chi connectivity index (χ2v) is 5.56. The lowest BCUT2D eigenvalue weighted by Gasteiger charge is -2.33.